The molecular weight excluding hydrogens is 404 g/mol. The van der Waals surface area contributed by atoms with Crippen LogP contribution in [0.3, 0.4) is 0 Å². The minimum Gasteiger partial charge on any atom is -0.351 e. The Hall–Kier alpha value is -2.84. The molecule has 0 radical (unpaired) electrons. The van der Waals surface area contributed by atoms with E-state index in [4.69, 9.17) is 0 Å². The predicted octanol–water partition coefficient (Wildman–Crippen LogP) is 3.39. The highest BCUT2D eigenvalue weighted by Gasteiger charge is 2.15. The van der Waals surface area contributed by atoms with E-state index < -0.39 is 5.91 Å². The first kappa shape index (κ1) is 19.5. The summed E-state index contributed by atoms with van der Waals surface area (Å²) in [5.41, 5.74) is 1.88. The molecule has 3 heterocycles. The normalized spacial score (nSPS) is 11.1. The quantitative estimate of drug-likeness (QED) is 0.515. The van der Waals surface area contributed by atoms with Crippen LogP contribution >= 0.6 is 22.7 Å². The molecule has 0 atom stereocenters. The highest BCUT2D eigenvalue weighted by Crippen LogP contribution is 2.19. The summed E-state index contributed by atoms with van der Waals surface area (Å²) in [6.45, 7) is 4.38. The van der Waals surface area contributed by atoms with Gasteiger partial charge in [0.15, 0.2) is 4.96 Å². The summed E-state index contributed by atoms with van der Waals surface area (Å²) in [4.78, 5) is 36.8. The maximum Gasteiger partial charge on any atom is 0.271 e. The van der Waals surface area contributed by atoms with Crippen LogP contribution in [0, 0.1) is 13.8 Å². The number of benzene rings is 1. The number of carbonyl (C=O) groups is 1. The molecule has 0 aliphatic rings. The van der Waals surface area contributed by atoms with Crippen LogP contribution in [-0.4, -0.2) is 26.8 Å². The van der Waals surface area contributed by atoms with E-state index in [1.165, 1.54) is 27.5 Å². The topological polar surface area (TPSA) is 76.4 Å². The highest BCUT2D eigenvalue weighted by atomic mass is 32.1. The van der Waals surface area contributed by atoms with Crippen molar-refractivity contribution in [1.29, 1.82) is 0 Å². The number of amides is 1. The number of nitrogens with zero attached hydrogens (tertiary/aromatic N) is 3. The number of rotatable bonds is 6. The van der Waals surface area contributed by atoms with E-state index in [1.807, 2.05) is 44.2 Å². The Morgan fingerprint density at radius 3 is 2.69 bits per heavy atom. The molecule has 1 aromatic carbocycles. The lowest BCUT2D eigenvalue weighted by molar-refractivity contribution is 0.0952. The van der Waals surface area contributed by atoms with Gasteiger partial charge in [0.1, 0.15) is 5.56 Å². The third-order valence-corrected chi connectivity index (χ3v) is 6.69. The SMILES string of the molecule is Cc1nc(C)c(CCNC(=O)c2cnc3sc(Cc4ccccc4)cn3c2=O)s1. The van der Waals surface area contributed by atoms with Gasteiger partial charge >= 0.3 is 0 Å². The van der Waals surface area contributed by atoms with Gasteiger partial charge in [-0.05, 0) is 19.4 Å². The van der Waals surface area contributed by atoms with Gasteiger partial charge in [-0.25, -0.2) is 9.97 Å². The molecule has 0 spiro atoms. The Morgan fingerprint density at radius 2 is 1.97 bits per heavy atom. The van der Waals surface area contributed by atoms with Gasteiger partial charge < -0.3 is 5.32 Å². The second kappa shape index (κ2) is 8.26. The summed E-state index contributed by atoms with van der Waals surface area (Å²) in [6, 6.07) is 10.1. The van der Waals surface area contributed by atoms with Gasteiger partial charge in [0, 0.05) is 41.5 Å². The molecule has 0 bridgehead atoms. The molecule has 3 aromatic heterocycles. The maximum atomic E-state index is 12.8. The van der Waals surface area contributed by atoms with Crippen molar-refractivity contribution in [1.82, 2.24) is 19.7 Å². The summed E-state index contributed by atoms with van der Waals surface area (Å²) in [5, 5.41) is 3.84. The van der Waals surface area contributed by atoms with Gasteiger partial charge in [-0.15, -0.1) is 22.7 Å². The first-order chi connectivity index (χ1) is 14.0. The second-order valence-corrected chi connectivity index (χ2v) is 9.12. The molecule has 0 aliphatic carbocycles. The van der Waals surface area contributed by atoms with Crippen LogP contribution in [-0.2, 0) is 12.8 Å². The van der Waals surface area contributed by atoms with Crippen molar-refractivity contribution >= 4 is 33.5 Å². The first-order valence-electron chi connectivity index (χ1n) is 9.26. The van der Waals surface area contributed by atoms with Crippen LogP contribution in [0.4, 0.5) is 0 Å². The van der Waals surface area contributed by atoms with Crippen LogP contribution in [0.15, 0.2) is 47.5 Å². The highest BCUT2D eigenvalue weighted by molar-refractivity contribution is 7.17. The molecule has 0 fully saturated rings. The Kier molecular flexibility index (Phi) is 5.55. The third kappa shape index (κ3) is 4.28. The predicted molar refractivity (Wildman–Crippen MR) is 116 cm³/mol. The summed E-state index contributed by atoms with van der Waals surface area (Å²) >= 11 is 3.09. The monoisotopic (exact) mass is 424 g/mol. The molecule has 148 valence electrons. The molecule has 0 unspecified atom stereocenters. The van der Waals surface area contributed by atoms with E-state index >= 15 is 0 Å². The van der Waals surface area contributed by atoms with Crippen molar-refractivity contribution in [3.8, 4) is 0 Å². The Balaban J connectivity index is 1.48. The molecule has 0 saturated heterocycles. The van der Waals surface area contributed by atoms with Gasteiger partial charge in [0.05, 0.1) is 10.7 Å². The van der Waals surface area contributed by atoms with E-state index in [0.717, 1.165) is 26.9 Å². The van der Waals surface area contributed by atoms with Gasteiger partial charge in [-0.3, -0.25) is 14.0 Å². The van der Waals surface area contributed by atoms with Crippen LogP contribution in [0.1, 0.15) is 36.4 Å². The third-order valence-electron chi connectivity index (χ3n) is 4.56. The fourth-order valence-electron chi connectivity index (χ4n) is 3.16. The lowest BCUT2D eigenvalue weighted by atomic mass is 10.1. The zero-order valence-corrected chi connectivity index (χ0v) is 17.8. The average Bonchev–Trinajstić information content (AvgIpc) is 3.25. The molecule has 6 nitrogen and oxygen atoms in total. The van der Waals surface area contributed by atoms with Crippen molar-refractivity contribution < 1.29 is 4.79 Å². The summed E-state index contributed by atoms with van der Waals surface area (Å²) < 4.78 is 1.47. The number of carbonyl (C=O) groups excluding carboxylic acids is 1. The molecule has 29 heavy (non-hydrogen) atoms. The largest absolute Gasteiger partial charge is 0.351 e. The number of thiazole rings is 2. The lowest BCUT2D eigenvalue weighted by Gasteiger charge is -2.04. The zero-order chi connectivity index (χ0) is 20.4. The number of hydrogen-bond acceptors (Lipinski definition) is 6. The maximum absolute atomic E-state index is 12.8. The first-order valence-corrected chi connectivity index (χ1v) is 10.9. The van der Waals surface area contributed by atoms with E-state index in [9.17, 15) is 9.59 Å². The molecular formula is C21H20N4O2S2. The fraction of sp³-hybridized carbons (Fsp3) is 0.238. The fourth-order valence-corrected chi connectivity index (χ4v) is 5.06. The molecule has 0 saturated carbocycles. The van der Waals surface area contributed by atoms with E-state index in [0.29, 0.717) is 17.9 Å². The Morgan fingerprint density at radius 1 is 1.17 bits per heavy atom. The van der Waals surface area contributed by atoms with Gasteiger partial charge in [-0.2, -0.15) is 0 Å². The summed E-state index contributed by atoms with van der Waals surface area (Å²) in [5.74, 6) is -0.397. The van der Waals surface area contributed by atoms with Gasteiger partial charge in [0.25, 0.3) is 11.5 Å². The van der Waals surface area contributed by atoms with Crippen molar-refractivity contribution in [2.24, 2.45) is 0 Å². The zero-order valence-electron chi connectivity index (χ0n) is 16.1. The number of aromatic nitrogens is 3. The van der Waals surface area contributed by atoms with Crippen LogP contribution in [0.25, 0.3) is 4.96 Å². The van der Waals surface area contributed by atoms with Crippen LogP contribution in [0.2, 0.25) is 0 Å². The summed E-state index contributed by atoms with van der Waals surface area (Å²) in [7, 11) is 0. The number of aryl methyl sites for hydroxylation is 2. The van der Waals surface area contributed by atoms with E-state index in [1.54, 1.807) is 17.5 Å². The van der Waals surface area contributed by atoms with Gasteiger partial charge in [0.2, 0.25) is 0 Å². The van der Waals surface area contributed by atoms with Crippen LogP contribution < -0.4 is 10.9 Å². The number of hydrogen-bond donors (Lipinski definition) is 1. The smallest absolute Gasteiger partial charge is 0.271 e. The molecule has 1 N–H and O–H groups in total. The van der Waals surface area contributed by atoms with Crippen LogP contribution in [0.5, 0.6) is 0 Å². The van der Waals surface area contributed by atoms with Gasteiger partial charge in [-0.1, -0.05) is 30.3 Å². The summed E-state index contributed by atoms with van der Waals surface area (Å²) in [6.07, 6.45) is 4.57. The standard InChI is InChI=1S/C21H20N4O2S2/c1-13-18(28-14(2)24-13)8-9-22-19(26)17-11-23-21-25(20(17)27)12-16(29-21)10-15-6-4-3-5-7-15/h3-7,11-12H,8-10H2,1-2H3,(H,22,26). The molecule has 4 aromatic rings. The minimum absolute atomic E-state index is 0.0590. The molecule has 8 heteroatoms. The van der Waals surface area contributed by atoms with Crippen molar-refractivity contribution in [3.05, 3.63) is 84.7 Å². The minimum atomic E-state index is -0.397. The number of fused-ring (bicyclic) bond motifs is 1. The second-order valence-electron chi connectivity index (χ2n) is 6.74. The number of nitrogens with one attached hydrogen (secondary N) is 1. The van der Waals surface area contributed by atoms with Crippen molar-refractivity contribution in [2.75, 3.05) is 6.54 Å². The molecule has 0 aliphatic heterocycles. The van der Waals surface area contributed by atoms with Crippen molar-refractivity contribution in [3.63, 3.8) is 0 Å². The lowest BCUT2D eigenvalue weighted by Crippen LogP contribution is -2.32. The Bertz CT molecular complexity index is 1220. The van der Waals surface area contributed by atoms with E-state index in [2.05, 4.69) is 15.3 Å². The van der Waals surface area contributed by atoms with E-state index in [-0.39, 0.29) is 11.1 Å². The average molecular weight is 425 g/mol. The molecule has 4 rings (SSSR count). The molecule has 1 amide bonds. The van der Waals surface area contributed by atoms with Crippen molar-refractivity contribution in [2.45, 2.75) is 26.7 Å². The Labute approximate surface area is 175 Å².